The zero-order chi connectivity index (χ0) is 42.5. The van der Waals surface area contributed by atoms with E-state index in [2.05, 4.69) is 208 Å². The predicted molar refractivity (Wildman–Crippen MR) is 256 cm³/mol. The van der Waals surface area contributed by atoms with Crippen molar-refractivity contribution in [2.75, 3.05) is 16.5 Å². The van der Waals surface area contributed by atoms with E-state index < -0.39 is 0 Å². The van der Waals surface area contributed by atoms with Crippen LogP contribution in [0.3, 0.4) is 0 Å². The molecule has 304 valence electrons. The molecule has 0 saturated carbocycles. The highest BCUT2D eigenvalue weighted by atomic mass is 16.5. The van der Waals surface area contributed by atoms with Crippen LogP contribution in [0.25, 0.3) is 49.9 Å². The monoisotopic (exact) mass is 807 g/mol. The highest BCUT2D eigenvalue weighted by Crippen LogP contribution is 2.57. The highest BCUT2D eigenvalue weighted by molar-refractivity contribution is 6.09. The molecular weight excluding hydrogens is 759 g/mol. The molecule has 1 aliphatic carbocycles. The third-order valence-corrected chi connectivity index (χ3v) is 13.0. The second-order valence-electron chi connectivity index (χ2n) is 18.5. The Labute approximate surface area is 363 Å². The van der Waals surface area contributed by atoms with Crippen molar-refractivity contribution in [3.05, 3.63) is 186 Å². The molecule has 11 rings (SSSR count). The van der Waals surface area contributed by atoms with E-state index >= 15 is 0 Å². The van der Waals surface area contributed by atoms with E-state index in [9.17, 15) is 0 Å². The number of para-hydroxylation sites is 3. The van der Waals surface area contributed by atoms with Gasteiger partial charge in [-0.05, 0) is 114 Å². The Hall–Kier alpha value is -7.18. The number of ether oxygens (including phenoxy) is 1. The Morgan fingerprint density at radius 1 is 0.597 bits per heavy atom. The van der Waals surface area contributed by atoms with Crippen LogP contribution in [0.4, 0.5) is 22.7 Å². The smallest absolute Gasteiger partial charge is 0.137 e. The lowest BCUT2D eigenvalue weighted by Crippen LogP contribution is -2.25. The van der Waals surface area contributed by atoms with Gasteiger partial charge < -0.3 is 14.5 Å². The molecule has 0 amide bonds. The number of hydrogen-bond acceptors (Lipinski definition) is 5. The molecule has 9 aromatic rings. The van der Waals surface area contributed by atoms with Crippen LogP contribution in [0, 0.1) is 13.8 Å². The summed E-state index contributed by atoms with van der Waals surface area (Å²) in [6.45, 7) is 16.2. The van der Waals surface area contributed by atoms with Crippen LogP contribution >= 0.6 is 0 Å². The molecule has 4 heterocycles. The molecule has 0 atom stereocenters. The van der Waals surface area contributed by atoms with E-state index in [0.717, 1.165) is 56.5 Å². The van der Waals surface area contributed by atoms with Crippen molar-refractivity contribution < 1.29 is 4.74 Å². The van der Waals surface area contributed by atoms with Crippen molar-refractivity contribution in [3.8, 4) is 39.6 Å². The highest BCUT2D eigenvalue weighted by Gasteiger charge is 2.40. The molecule has 0 spiro atoms. The number of anilines is 4. The summed E-state index contributed by atoms with van der Waals surface area (Å²) in [5.41, 5.74) is 17.6. The molecule has 0 radical (unpaired) electrons. The Kier molecular flexibility index (Phi) is 8.49. The molecule has 6 nitrogen and oxygen atoms in total. The summed E-state index contributed by atoms with van der Waals surface area (Å²) in [6, 6.07) is 54.7. The minimum absolute atomic E-state index is 0.00770. The number of rotatable bonds is 6. The first-order chi connectivity index (χ1) is 29.9. The van der Waals surface area contributed by atoms with E-state index in [1.54, 1.807) is 0 Å². The second-order valence-corrected chi connectivity index (χ2v) is 18.5. The number of pyridine rings is 2. The summed E-state index contributed by atoms with van der Waals surface area (Å²) in [5.74, 6) is 2.43. The topological polar surface area (TPSA) is 46.4 Å². The maximum atomic E-state index is 6.79. The van der Waals surface area contributed by atoms with Gasteiger partial charge in [-0.2, -0.15) is 0 Å². The van der Waals surface area contributed by atoms with E-state index in [0.29, 0.717) is 6.67 Å². The molecule has 0 unspecified atom stereocenters. The standard InChI is InChI=1S/C56H49N5O/c1-35-29-37(30-36(2)58-35)42-25-26-47-53(45-18-8-10-19-46(45)56(47,6)7)54(42)60-34-59(49-21-12-13-22-50(49)60)39-15-14-16-40(32-39)62-41-23-24-44-43-17-9-11-20-48(43)61(51(44)33-41)52-31-38(27-28-57-52)55(3,4)5/h8-33H,34H2,1-7H3. The molecule has 3 aromatic heterocycles. The minimum atomic E-state index is -0.141. The Morgan fingerprint density at radius 3 is 2.11 bits per heavy atom. The third kappa shape index (κ3) is 5.99. The average molecular weight is 808 g/mol. The van der Waals surface area contributed by atoms with Crippen LogP contribution in [-0.2, 0) is 10.8 Å². The van der Waals surface area contributed by atoms with Crippen LogP contribution in [0.5, 0.6) is 11.5 Å². The lowest BCUT2D eigenvalue weighted by atomic mass is 9.82. The zero-order valence-electron chi connectivity index (χ0n) is 36.4. The van der Waals surface area contributed by atoms with Gasteiger partial charge in [0.15, 0.2) is 0 Å². The maximum Gasteiger partial charge on any atom is 0.137 e. The number of aryl methyl sites for hydroxylation is 2. The number of benzene rings is 6. The van der Waals surface area contributed by atoms with E-state index in [1.807, 2.05) is 12.3 Å². The fourth-order valence-electron chi connectivity index (χ4n) is 10.0. The Balaban J connectivity index is 1.00. The van der Waals surface area contributed by atoms with Crippen molar-refractivity contribution in [1.82, 2.24) is 14.5 Å². The molecule has 6 heteroatoms. The number of hydrogen-bond donors (Lipinski definition) is 0. The Bertz CT molecular complexity index is 3240. The SMILES string of the molecule is Cc1cc(-c2ccc3c(c2N2CN(c4cccc(Oc5ccc6c7ccccc7n(-c7cc(C(C)(C)C)ccn7)c6c5)c4)c4ccccc42)-c2ccccc2C3(C)C)cc(C)n1. The molecule has 0 bridgehead atoms. The number of nitrogens with zero attached hydrogens (tertiary/aromatic N) is 5. The van der Waals surface area contributed by atoms with Gasteiger partial charge in [0.25, 0.3) is 0 Å². The summed E-state index contributed by atoms with van der Waals surface area (Å²) in [5, 5.41) is 2.35. The lowest BCUT2D eigenvalue weighted by molar-refractivity contribution is 0.483. The van der Waals surface area contributed by atoms with Gasteiger partial charge in [-0.3, -0.25) is 9.55 Å². The van der Waals surface area contributed by atoms with Crippen molar-refractivity contribution >= 4 is 44.6 Å². The summed E-state index contributed by atoms with van der Waals surface area (Å²) < 4.78 is 9.06. The largest absolute Gasteiger partial charge is 0.457 e. The van der Waals surface area contributed by atoms with Crippen molar-refractivity contribution in [3.63, 3.8) is 0 Å². The van der Waals surface area contributed by atoms with Gasteiger partial charge in [0.05, 0.1) is 28.1 Å². The molecule has 62 heavy (non-hydrogen) atoms. The normalized spacial score (nSPS) is 14.0. The summed E-state index contributed by atoms with van der Waals surface area (Å²) in [4.78, 5) is 14.6. The predicted octanol–water partition coefficient (Wildman–Crippen LogP) is 14.5. The molecular formula is C56H49N5O. The van der Waals surface area contributed by atoms with Crippen molar-refractivity contribution in [1.29, 1.82) is 0 Å². The second kappa shape index (κ2) is 13.9. The molecule has 0 saturated heterocycles. The fraction of sp³-hybridized carbons (Fsp3) is 0.179. The van der Waals surface area contributed by atoms with Gasteiger partial charge in [0.1, 0.15) is 24.0 Å². The first-order valence-electron chi connectivity index (χ1n) is 21.6. The molecule has 0 fully saturated rings. The molecule has 0 N–H and O–H groups in total. The van der Waals surface area contributed by atoms with Gasteiger partial charge in [0.2, 0.25) is 0 Å². The van der Waals surface area contributed by atoms with E-state index in [-0.39, 0.29) is 10.8 Å². The zero-order valence-corrected chi connectivity index (χ0v) is 36.4. The van der Waals surface area contributed by atoms with Gasteiger partial charge in [-0.1, -0.05) is 107 Å². The van der Waals surface area contributed by atoms with Crippen molar-refractivity contribution in [2.45, 2.75) is 59.3 Å². The Morgan fingerprint density at radius 2 is 1.31 bits per heavy atom. The van der Waals surface area contributed by atoms with E-state index in [1.165, 1.54) is 55.7 Å². The van der Waals surface area contributed by atoms with Crippen LogP contribution in [0.1, 0.15) is 62.7 Å². The lowest BCUT2D eigenvalue weighted by Gasteiger charge is -2.28. The quantitative estimate of drug-likeness (QED) is 0.167. The fourth-order valence-corrected chi connectivity index (χ4v) is 10.0. The van der Waals surface area contributed by atoms with Crippen molar-refractivity contribution in [2.24, 2.45) is 0 Å². The first-order valence-corrected chi connectivity index (χ1v) is 21.6. The minimum Gasteiger partial charge on any atom is -0.457 e. The average Bonchev–Trinajstić information content (AvgIpc) is 3.88. The summed E-state index contributed by atoms with van der Waals surface area (Å²) in [6.07, 6.45) is 1.92. The van der Waals surface area contributed by atoms with Gasteiger partial charge in [0, 0.05) is 62.7 Å². The summed E-state index contributed by atoms with van der Waals surface area (Å²) >= 11 is 0. The van der Waals surface area contributed by atoms with Crippen LogP contribution in [0.15, 0.2) is 158 Å². The van der Waals surface area contributed by atoms with Crippen LogP contribution in [0.2, 0.25) is 0 Å². The van der Waals surface area contributed by atoms with Crippen LogP contribution < -0.4 is 14.5 Å². The van der Waals surface area contributed by atoms with Crippen LogP contribution in [-0.4, -0.2) is 21.2 Å². The molecule has 2 aliphatic rings. The maximum absolute atomic E-state index is 6.79. The molecule has 6 aromatic carbocycles. The third-order valence-electron chi connectivity index (χ3n) is 13.0. The first kappa shape index (κ1) is 37.8. The van der Waals surface area contributed by atoms with Gasteiger partial charge in [-0.15, -0.1) is 0 Å². The van der Waals surface area contributed by atoms with Gasteiger partial charge >= 0.3 is 0 Å². The van der Waals surface area contributed by atoms with E-state index in [4.69, 9.17) is 14.7 Å². The number of aromatic nitrogens is 3. The molecule has 1 aliphatic heterocycles. The van der Waals surface area contributed by atoms with Gasteiger partial charge in [-0.25, -0.2) is 4.98 Å². The summed E-state index contributed by atoms with van der Waals surface area (Å²) in [7, 11) is 0. The number of fused-ring (bicyclic) bond motifs is 7.